The summed E-state index contributed by atoms with van der Waals surface area (Å²) in [5.74, 6) is -0.176. The van der Waals surface area contributed by atoms with Crippen molar-refractivity contribution in [2.24, 2.45) is 7.05 Å². The van der Waals surface area contributed by atoms with Gasteiger partial charge >= 0.3 is 0 Å². The Morgan fingerprint density at radius 3 is 2.52 bits per heavy atom. The molecule has 1 atom stereocenters. The lowest BCUT2D eigenvalue weighted by atomic mass is 10.0. The van der Waals surface area contributed by atoms with Gasteiger partial charge in [-0.15, -0.1) is 0 Å². The molecule has 31 heavy (non-hydrogen) atoms. The summed E-state index contributed by atoms with van der Waals surface area (Å²) in [6, 6.07) is 15.0. The minimum Gasteiger partial charge on any atom is -0.344 e. The summed E-state index contributed by atoms with van der Waals surface area (Å²) in [4.78, 5) is 33.3. The van der Waals surface area contributed by atoms with Gasteiger partial charge in [0.1, 0.15) is 0 Å². The Morgan fingerprint density at radius 2 is 1.81 bits per heavy atom. The average molecular weight is 438 g/mol. The van der Waals surface area contributed by atoms with Crippen molar-refractivity contribution in [3.8, 4) is 0 Å². The number of carbonyl (C=O) groups excluding carboxylic acids is 1. The molecular formula is C23H27N5O2S. The predicted molar refractivity (Wildman–Crippen MR) is 125 cm³/mol. The van der Waals surface area contributed by atoms with Gasteiger partial charge in [0.15, 0.2) is 4.77 Å². The molecule has 3 aromatic rings. The van der Waals surface area contributed by atoms with Gasteiger partial charge in [0.05, 0.1) is 16.9 Å². The third-order valence-electron chi connectivity index (χ3n) is 5.91. The Hall–Kier alpha value is -2.81. The number of nitrogens with one attached hydrogen (secondary N) is 2. The van der Waals surface area contributed by atoms with Crippen LogP contribution >= 0.6 is 12.2 Å². The molecule has 2 N–H and O–H groups in total. The molecule has 8 heteroatoms. The van der Waals surface area contributed by atoms with Gasteiger partial charge in [-0.05, 0) is 43.0 Å². The van der Waals surface area contributed by atoms with Crippen molar-refractivity contribution in [3.63, 3.8) is 0 Å². The standard InChI is InChI=1S/C23H27N5O2S/c1-26-10-12-28(13-11-26)15-20(16-6-4-3-5-7-16)24-21(29)17-8-9-18-19(14-17)25-23(31)27(2)22(18)30/h3-9,14,20H,10-13,15H2,1-2H3,(H,24,29)(H,25,31). The van der Waals surface area contributed by atoms with Crippen LogP contribution in [0.1, 0.15) is 22.0 Å². The number of fused-ring (bicyclic) bond motifs is 1. The smallest absolute Gasteiger partial charge is 0.261 e. The molecule has 2 heterocycles. The molecule has 1 saturated heterocycles. The zero-order valence-corrected chi connectivity index (χ0v) is 18.6. The minimum atomic E-state index is -0.178. The van der Waals surface area contributed by atoms with Crippen LogP contribution in [0.2, 0.25) is 0 Å². The van der Waals surface area contributed by atoms with Gasteiger partial charge in [0.25, 0.3) is 11.5 Å². The molecule has 0 saturated carbocycles. The van der Waals surface area contributed by atoms with Crippen LogP contribution in [0.4, 0.5) is 0 Å². The normalized spacial score (nSPS) is 16.3. The SMILES string of the molecule is CN1CCN(CC(NC(=O)c2ccc3c(=O)n(C)c(=S)[nH]c3c2)c2ccccc2)CC1. The molecule has 1 aliphatic rings. The lowest BCUT2D eigenvalue weighted by molar-refractivity contribution is 0.0907. The molecule has 1 amide bonds. The van der Waals surface area contributed by atoms with Crippen LogP contribution in [0.5, 0.6) is 0 Å². The number of piperazine rings is 1. The number of H-pyrrole nitrogens is 1. The van der Waals surface area contributed by atoms with Crippen molar-refractivity contribution < 1.29 is 4.79 Å². The molecule has 4 rings (SSSR count). The van der Waals surface area contributed by atoms with E-state index in [1.807, 2.05) is 30.3 Å². The van der Waals surface area contributed by atoms with Crippen LogP contribution in [0.25, 0.3) is 10.9 Å². The van der Waals surface area contributed by atoms with E-state index in [4.69, 9.17) is 12.2 Å². The van der Waals surface area contributed by atoms with E-state index >= 15 is 0 Å². The number of rotatable bonds is 5. The van der Waals surface area contributed by atoms with E-state index in [2.05, 4.69) is 27.1 Å². The van der Waals surface area contributed by atoms with Crippen LogP contribution < -0.4 is 10.9 Å². The molecule has 0 radical (unpaired) electrons. The second kappa shape index (κ2) is 9.13. The van der Waals surface area contributed by atoms with Crippen LogP contribution in [0.15, 0.2) is 53.3 Å². The number of benzene rings is 2. The second-order valence-electron chi connectivity index (χ2n) is 8.10. The average Bonchev–Trinajstić information content (AvgIpc) is 2.78. The first-order valence-corrected chi connectivity index (χ1v) is 10.8. The third-order valence-corrected chi connectivity index (χ3v) is 6.28. The molecule has 1 fully saturated rings. The topological polar surface area (TPSA) is 73.4 Å². The summed E-state index contributed by atoms with van der Waals surface area (Å²) in [7, 11) is 3.76. The van der Waals surface area contributed by atoms with Crippen LogP contribution in [-0.2, 0) is 7.05 Å². The number of likely N-dealkylation sites (N-methyl/N-ethyl adjacent to an activating group) is 1. The van der Waals surface area contributed by atoms with Gasteiger partial charge in [0, 0.05) is 45.3 Å². The Bertz CT molecular complexity index is 1200. The molecule has 1 unspecified atom stereocenters. The van der Waals surface area contributed by atoms with Gasteiger partial charge < -0.3 is 15.2 Å². The number of carbonyl (C=O) groups is 1. The summed E-state index contributed by atoms with van der Waals surface area (Å²) in [5.41, 5.74) is 1.95. The Morgan fingerprint density at radius 1 is 1.10 bits per heavy atom. The van der Waals surface area contributed by atoms with E-state index in [1.165, 1.54) is 4.57 Å². The van der Waals surface area contributed by atoms with Crippen molar-refractivity contribution in [1.29, 1.82) is 0 Å². The number of hydrogen-bond donors (Lipinski definition) is 2. The highest BCUT2D eigenvalue weighted by Gasteiger charge is 2.22. The molecule has 0 bridgehead atoms. The molecule has 0 spiro atoms. The van der Waals surface area contributed by atoms with E-state index in [0.717, 1.165) is 38.3 Å². The minimum absolute atomic E-state index is 0.130. The molecule has 2 aromatic carbocycles. The second-order valence-corrected chi connectivity index (χ2v) is 8.48. The quantitative estimate of drug-likeness (QED) is 0.600. The van der Waals surface area contributed by atoms with Crippen molar-refractivity contribution in [2.75, 3.05) is 39.8 Å². The zero-order valence-electron chi connectivity index (χ0n) is 17.8. The maximum atomic E-state index is 13.1. The number of amides is 1. The maximum absolute atomic E-state index is 13.1. The van der Waals surface area contributed by atoms with Crippen molar-refractivity contribution in [3.05, 3.63) is 74.8 Å². The van der Waals surface area contributed by atoms with E-state index in [-0.39, 0.29) is 17.5 Å². The summed E-state index contributed by atoms with van der Waals surface area (Å²) in [6.07, 6.45) is 0. The molecule has 7 nitrogen and oxygen atoms in total. The Balaban J connectivity index is 1.59. The first-order chi connectivity index (χ1) is 14.9. The number of nitrogens with zero attached hydrogens (tertiary/aromatic N) is 3. The van der Waals surface area contributed by atoms with Gasteiger partial charge in [-0.2, -0.15) is 0 Å². The highest BCUT2D eigenvalue weighted by atomic mass is 32.1. The third kappa shape index (κ3) is 4.76. The van der Waals surface area contributed by atoms with E-state index in [9.17, 15) is 9.59 Å². The van der Waals surface area contributed by atoms with Gasteiger partial charge in [-0.3, -0.25) is 19.1 Å². The van der Waals surface area contributed by atoms with Gasteiger partial charge in [0.2, 0.25) is 0 Å². The van der Waals surface area contributed by atoms with E-state index < -0.39 is 0 Å². The summed E-state index contributed by atoms with van der Waals surface area (Å²) in [6.45, 7) is 4.75. The van der Waals surface area contributed by atoms with Crippen LogP contribution in [0, 0.1) is 4.77 Å². The maximum Gasteiger partial charge on any atom is 0.261 e. The molecular weight excluding hydrogens is 410 g/mol. The Labute approximate surface area is 186 Å². The highest BCUT2D eigenvalue weighted by Crippen LogP contribution is 2.17. The van der Waals surface area contributed by atoms with Crippen molar-refractivity contribution in [1.82, 2.24) is 24.7 Å². The fourth-order valence-corrected chi connectivity index (χ4v) is 4.09. The summed E-state index contributed by atoms with van der Waals surface area (Å²) < 4.78 is 1.71. The first kappa shape index (κ1) is 21.4. The van der Waals surface area contributed by atoms with Gasteiger partial charge in [-0.25, -0.2) is 0 Å². The van der Waals surface area contributed by atoms with E-state index in [0.29, 0.717) is 21.2 Å². The lowest BCUT2D eigenvalue weighted by Gasteiger charge is -2.35. The lowest BCUT2D eigenvalue weighted by Crippen LogP contribution is -2.47. The van der Waals surface area contributed by atoms with Crippen molar-refractivity contribution >= 4 is 29.0 Å². The van der Waals surface area contributed by atoms with Crippen molar-refractivity contribution in [2.45, 2.75) is 6.04 Å². The highest BCUT2D eigenvalue weighted by molar-refractivity contribution is 7.71. The fraction of sp³-hybridized carbons (Fsp3) is 0.348. The predicted octanol–water partition coefficient (Wildman–Crippen LogP) is 2.31. The van der Waals surface area contributed by atoms with E-state index in [1.54, 1.807) is 25.2 Å². The number of hydrogen-bond acceptors (Lipinski definition) is 5. The van der Waals surface area contributed by atoms with Crippen LogP contribution in [-0.4, -0.2) is 65.0 Å². The monoisotopic (exact) mass is 437 g/mol. The van der Waals surface area contributed by atoms with Gasteiger partial charge in [-0.1, -0.05) is 30.3 Å². The number of aromatic nitrogens is 2. The van der Waals surface area contributed by atoms with Crippen LogP contribution in [0.3, 0.4) is 0 Å². The zero-order chi connectivity index (χ0) is 22.0. The summed E-state index contributed by atoms with van der Waals surface area (Å²) >= 11 is 5.21. The molecule has 0 aliphatic carbocycles. The number of aromatic amines is 1. The fourth-order valence-electron chi connectivity index (χ4n) is 3.90. The largest absolute Gasteiger partial charge is 0.344 e. The molecule has 1 aromatic heterocycles. The Kier molecular flexibility index (Phi) is 6.31. The summed E-state index contributed by atoms with van der Waals surface area (Å²) in [5, 5.41) is 3.70. The molecule has 162 valence electrons. The first-order valence-electron chi connectivity index (χ1n) is 10.4. The molecule has 1 aliphatic heterocycles.